The standard InChI is InChI=1S/C48H78NO11P/c1-6-8-10-11-12-13-14-15-16-17-18-19-20-21-22-23-29-33-48(54)60-42(40-59-61(55,56)58-37-36-49(3,4)5)39-57-47(53)32-28-25-24-27-31-43-44(46(52)38-45(43)51)35-34-41(50)30-26-9-7-2/h8,10,12-13,15-16,18-19,21-22,24,27,34-35,41-44,46,50,52H,6-7,9,11,14,17,20,23,25-26,28-33,36-40H2,1-5H3/p+1/b10-8-,13-12-,16-15-,19-18-,22-21-,27-24-,35-34+/t41-,42+,43+,44+,46+/m0/s1. The van der Waals surface area contributed by atoms with Gasteiger partial charge in [-0.05, 0) is 70.6 Å². The minimum Gasteiger partial charge on any atom is -0.462 e. The number of carbonyl (C=O) groups is 3. The van der Waals surface area contributed by atoms with Crippen LogP contribution in [0.1, 0.15) is 123 Å². The number of carbonyl (C=O) groups excluding carboxylic acids is 3. The second-order valence-corrected chi connectivity index (χ2v) is 17.9. The van der Waals surface area contributed by atoms with Crippen LogP contribution in [-0.4, -0.2) is 103 Å². The van der Waals surface area contributed by atoms with Gasteiger partial charge in [0.2, 0.25) is 0 Å². The van der Waals surface area contributed by atoms with E-state index in [1.807, 2.05) is 45.4 Å². The summed E-state index contributed by atoms with van der Waals surface area (Å²) < 4.78 is 34.1. The summed E-state index contributed by atoms with van der Waals surface area (Å²) >= 11 is 0. The van der Waals surface area contributed by atoms with Gasteiger partial charge in [-0.2, -0.15) is 0 Å². The Morgan fingerprint density at radius 1 is 0.787 bits per heavy atom. The van der Waals surface area contributed by atoms with Crippen LogP contribution in [0.25, 0.3) is 0 Å². The number of allylic oxidation sites excluding steroid dienone is 12. The third-order valence-electron chi connectivity index (χ3n) is 9.78. The highest BCUT2D eigenvalue weighted by Gasteiger charge is 2.39. The Hall–Kier alpha value is -3.22. The lowest BCUT2D eigenvalue weighted by molar-refractivity contribution is -0.870. The van der Waals surface area contributed by atoms with Crippen molar-refractivity contribution in [1.29, 1.82) is 0 Å². The fourth-order valence-corrected chi connectivity index (χ4v) is 6.95. The van der Waals surface area contributed by atoms with Crippen molar-refractivity contribution < 1.29 is 57.1 Å². The Morgan fingerprint density at radius 2 is 1.36 bits per heavy atom. The van der Waals surface area contributed by atoms with Crippen LogP contribution >= 0.6 is 7.82 Å². The number of hydrogen-bond donors (Lipinski definition) is 3. The van der Waals surface area contributed by atoms with E-state index in [0.29, 0.717) is 49.6 Å². The molecule has 1 aliphatic rings. The molecule has 0 radical (unpaired) electrons. The molecule has 0 heterocycles. The number of ketones is 1. The summed E-state index contributed by atoms with van der Waals surface area (Å²) in [7, 11) is 1.28. The second-order valence-electron chi connectivity index (χ2n) is 16.5. The molecule has 1 fully saturated rings. The van der Waals surface area contributed by atoms with Crippen LogP contribution in [-0.2, 0) is 37.5 Å². The Bertz CT molecular complexity index is 1480. The molecule has 1 aliphatic carbocycles. The predicted molar refractivity (Wildman–Crippen MR) is 243 cm³/mol. The fraction of sp³-hybridized carbons (Fsp3) is 0.646. The molecule has 346 valence electrons. The Balaban J connectivity index is 2.55. The van der Waals surface area contributed by atoms with Crippen LogP contribution in [0.2, 0.25) is 0 Å². The van der Waals surface area contributed by atoms with Gasteiger partial charge < -0.3 is 29.1 Å². The van der Waals surface area contributed by atoms with Crippen molar-refractivity contribution in [3.8, 4) is 0 Å². The average Bonchev–Trinajstić information content (AvgIpc) is 3.47. The zero-order valence-electron chi connectivity index (χ0n) is 37.8. The summed E-state index contributed by atoms with van der Waals surface area (Å²) in [6.45, 7) is 3.80. The van der Waals surface area contributed by atoms with E-state index in [0.717, 1.165) is 51.4 Å². The Labute approximate surface area is 367 Å². The molecule has 1 rings (SSSR count). The summed E-state index contributed by atoms with van der Waals surface area (Å²) in [5, 5.41) is 20.7. The van der Waals surface area contributed by atoms with Gasteiger partial charge in [0, 0.05) is 31.1 Å². The molecule has 0 aromatic heterocycles. The molecule has 0 bridgehead atoms. The number of unbranched alkanes of at least 4 members (excludes halogenated alkanes) is 4. The van der Waals surface area contributed by atoms with E-state index in [2.05, 4.69) is 62.5 Å². The number of aliphatic hydroxyl groups excluding tert-OH is 2. The fourth-order valence-electron chi connectivity index (χ4n) is 6.21. The van der Waals surface area contributed by atoms with E-state index in [4.69, 9.17) is 18.5 Å². The maximum Gasteiger partial charge on any atom is 0.472 e. The highest BCUT2D eigenvalue weighted by atomic mass is 31.2. The molecule has 12 nitrogen and oxygen atoms in total. The minimum atomic E-state index is -4.46. The number of esters is 2. The molecular weight excluding hydrogens is 797 g/mol. The molecule has 0 aromatic carbocycles. The molecule has 6 atom stereocenters. The lowest BCUT2D eigenvalue weighted by Crippen LogP contribution is -2.37. The molecule has 13 heteroatoms. The van der Waals surface area contributed by atoms with Crippen LogP contribution in [0.3, 0.4) is 0 Å². The summed E-state index contributed by atoms with van der Waals surface area (Å²) in [6, 6.07) is 0. The van der Waals surface area contributed by atoms with E-state index >= 15 is 0 Å². The second kappa shape index (κ2) is 34.3. The quantitative estimate of drug-likeness (QED) is 0.0183. The third kappa shape index (κ3) is 31.3. The van der Waals surface area contributed by atoms with Gasteiger partial charge in [0.25, 0.3) is 0 Å². The van der Waals surface area contributed by atoms with Gasteiger partial charge in [-0.1, -0.05) is 118 Å². The SMILES string of the molecule is CC/C=C\C/C=C\C/C=C\C/C=C\C/C=C\CCCC(=O)O[C@H](COC(=O)CCC/C=C\C[C@H]1C(=O)C[C@@H](O)[C@@H]1/C=C/[C@@H](O)CCCCC)COP(=O)(O)OCC[N+](C)(C)C. The van der Waals surface area contributed by atoms with Gasteiger partial charge in [-0.15, -0.1) is 0 Å². The van der Waals surface area contributed by atoms with Crippen LogP contribution in [0, 0.1) is 11.8 Å². The van der Waals surface area contributed by atoms with Crippen molar-refractivity contribution in [3.63, 3.8) is 0 Å². The number of phosphoric ester groups is 1. The number of likely N-dealkylation sites (N-methyl/N-ethyl adjacent to an activating group) is 1. The van der Waals surface area contributed by atoms with Gasteiger partial charge >= 0.3 is 19.8 Å². The molecule has 1 unspecified atom stereocenters. The lowest BCUT2D eigenvalue weighted by Gasteiger charge is -2.24. The number of quaternary nitrogens is 1. The molecule has 3 N–H and O–H groups in total. The monoisotopic (exact) mass is 877 g/mol. The third-order valence-corrected chi connectivity index (χ3v) is 10.8. The highest BCUT2D eigenvalue weighted by molar-refractivity contribution is 7.47. The van der Waals surface area contributed by atoms with Gasteiger partial charge in [-0.25, -0.2) is 4.57 Å². The van der Waals surface area contributed by atoms with E-state index in [9.17, 15) is 34.1 Å². The van der Waals surface area contributed by atoms with Crippen LogP contribution in [0.4, 0.5) is 0 Å². The van der Waals surface area contributed by atoms with Gasteiger partial charge in [-0.3, -0.25) is 23.4 Å². The van der Waals surface area contributed by atoms with E-state index < -0.39 is 44.7 Å². The average molecular weight is 877 g/mol. The topological polar surface area (TPSA) is 166 Å². The van der Waals surface area contributed by atoms with E-state index in [1.54, 1.807) is 12.2 Å². The first-order chi connectivity index (χ1) is 29.2. The molecule has 1 saturated carbocycles. The minimum absolute atomic E-state index is 0.00585. The molecule has 0 aromatic rings. The van der Waals surface area contributed by atoms with Gasteiger partial charge in [0.05, 0.1) is 40.0 Å². The summed E-state index contributed by atoms with van der Waals surface area (Å²) in [5.41, 5.74) is 0. The van der Waals surface area contributed by atoms with Crippen LogP contribution < -0.4 is 0 Å². The van der Waals surface area contributed by atoms with E-state index in [1.165, 1.54) is 0 Å². The maximum absolute atomic E-state index is 12.7. The summed E-state index contributed by atoms with van der Waals surface area (Å²) in [5.74, 6) is -1.80. The Morgan fingerprint density at radius 3 is 1.95 bits per heavy atom. The molecule has 0 amide bonds. The molecule has 0 saturated heterocycles. The first-order valence-corrected chi connectivity index (χ1v) is 23.9. The predicted octanol–water partition coefficient (Wildman–Crippen LogP) is 9.38. The Kier molecular flexibility index (Phi) is 31.4. The zero-order valence-corrected chi connectivity index (χ0v) is 38.7. The van der Waals surface area contributed by atoms with Gasteiger partial charge in [0.1, 0.15) is 25.5 Å². The number of nitrogens with zero attached hydrogens (tertiary/aromatic N) is 1. The maximum atomic E-state index is 12.7. The highest BCUT2D eigenvalue weighted by Crippen LogP contribution is 2.43. The number of phosphoric acid groups is 1. The zero-order chi connectivity index (χ0) is 45.2. The van der Waals surface area contributed by atoms with Crippen molar-refractivity contribution in [1.82, 2.24) is 0 Å². The number of aliphatic hydroxyl groups is 2. The van der Waals surface area contributed by atoms with Crippen molar-refractivity contribution in [2.24, 2.45) is 11.8 Å². The first kappa shape index (κ1) is 55.8. The number of Topliss-reactive ketones (excluding diaryl/α,β-unsaturated/α-hetero) is 1. The largest absolute Gasteiger partial charge is 0.472 e. The number of ether oxygens (including phenoxy) is 2. The van der Waals surface area contributed by atoms with Crippen molar-refractivity contribution >= 4 is 25.5 Å². The smallest absolute Gasteiger partial charge is 0.462 e. The van der Waals surface area contributed by atoms with Crippen molar-refractivity contribution in [3.05, 3.63) is 85.1 Å². The summed E-state index contributed by atoms with van der Waals surface area (Å²) in [6.07, 6.45) is 37.2. The normalized spacial score (nSPS) is 19.8. The van der Waals surface area contributed by atoms with Gasteiger partial charge in [0.15, 0.2) is 6.10 Å². The molecular formula is C48H79NO11P+. The van der Waals surface area contributed by atoms with Crippen molar-refractivity contribution in [2.75, 3.05) is 47.5 Å². The van der Waals surface area contributed by atoms with E-state index in [-0.39, 0.29) is 50.1 Å². The summed E-state index contributed by atoms with van der Waals surface area (Å²) in [4.78, 5) is 48.1. The molecule has 0 aliphatic heterocycles. The molecule has 61 heavy (non-hydrogen) atoms. The van der Waals surface area contributed by atoms with Crippen molar-refractivity contribution in [2.45, 2.75) is 141 Å². The first-order valence-electron chi connectivity index (χ1n) is 22.4. The molecule has 0 spiro atoms. The number of hydrogen-bond acceptors (Lipinski definition) is 10. The van der Waals surface area contributed by atoms with Crippen LogP contribution in [0.15, 0.2) is 85.1 Å². The van der Waals surface area contributed by atoms with Crippen LogP contribution in [0.5, 0.6) is 0 Å². The number of rotatable bonds is 35. The lowest BCUT2D eigenvalue weighted by atomic mass is 9.90.